The minimum atomic E-state index is -0.434. The van der Waals surface area contributed by atoms with E-state index >= 15 is 0 Å². The summed E-state index contributed by atoms with van der Waals surface area (Å²) in [4.78, 5) is 26.2. The van der Waals surface area contributed by atoms with E-state index in [4.69, 9.17) is 0 Å². The number of rotatable bonds is 4. The van der Waals surface area contributed by atoms with E-state index in [9.17, 15) is 14.0 Å². The topological polar surface area (TPSA) is 49.4 Å². The molecule has 0 bridgehead atoms. The fourth-order valence-electron chi connectivity index (χ4n) is 2.76. The van der Waals surface area contributed by atoms with Crippen LogP contribution < -0.4 is 10.2 Å². The average Bonchev–Trinajstić information content (AvgIpc) is 2.96. The summed E-state index contributed by atoms with van der Waals surface area (Å²) in [5.74, 6) is -1.11. The fourth-order valence-corrected chi connectivity index (χ4v) is 3.25. The number of anilines is 1. The first-order valence-electron chi connectivity index (χ1n) is 7.62. The van der Waals surface area contributed by atoms with Crippen LogP contribution in [0.5, 0.6) is 0 Å². The molecule has 4 nitrogen and oxygen atoms in total. The number of hydrogen-bond donors (Lipinski definition) is 1. The highest BCUT2D eigenvalue weighted by Crippen LogP contribution is 2.31. The van der Waals surface area contributed by atoms with Crippen molar-refractivity contribution in [2.45, 2.75) is 13.0 Å². The van der Waals surface area contributed by atoms with Gasteiger partial charge in [-0.1, -0.05) is 30.3 Å². The zero-order chi connectivity index (χ0) is 17.1. The quantitative estimate of drug-likeness (QED) is 0.870. The number of amides is 2. The molecule has 2 amide bonds. The van der Waals surface area contributed by atoms with Gasteiger partial charge in [-0.3, -0.25) is 9.59 Å². The number of benzene rings is 2. The lowest BCUT2D eigenvalue weighted by Gasteiger charge is -2.18. The highest BCUT2D eigenvalue weighted by Gasteiger charge is 2.35. The van der Waals surface area contributed by atoms with Crippen LogP contribution in [0.25, 0.3) is 0 Å². The van der Waals surface area contributed by atoms with Crippen LogP contribution in [-0.4, -0.2) is 18.4 Å². The number of para-hydroxylation sites is 1. The van der Waals surface area contributed by atoms with Crippen molar-refractivity contribution in [3.8, 4) is 0 Å². The Kier molecular flexibility index (Phi) is 4.94. The van der Waals surface area contributed by atoms with Gasteiger partial charge in [0.05, 0.1) is 11.6 Å². The SMILES string of the molecule is O=C(NCc1ccccc1F)[C@H]1CC(=O)N(c2ccccc2Br)C1. The molecule has 0 spiro atoms. The van der Waals surface area contributed by atoms with E-state index in [-0.39, 0.29) is 30.6 Å². The van der Waals surface area contributed by atoms with E-state index in [1.54, 1.807) is 23.1 Å². The molecule has 1 fully saturated rings. The van der Waals surface area contributed by atoms with Crippen LogP contribution in [0.15, 0.2) is 53.0 Å². The van der Waals surface area contributed by atoms with Crippen molar-refractivity contribution >= 4 is 33.4 Å². The Bertz CT molecular complexity index is 781. The minimum Gasteiger partial charge on any atom is -0.352 e. The number of nitrogens with zero attached hydrogens (tertiary/aromatic N) is 1. The largest absolute Gasteiger partial charge is 0.352 e. The second kappa shape index (κ2) is 7.13. The maximum Gasteiger partial charge on any atom is 0.227 e. The highest BCUT2D eigenvalue weighted by molar-refractivity contribution is 9.10. The molecule has 2 aromatic rings. The Morgan fingerprint density at radius 1 is 1.21 bits per heavy atom. The van der Waals surface area contributed by atoms with Gasteiger partial charge in [0.25, 0.3) is 0 Å². The van der Waals surface area contributed by atoms with Gasteiger partial charge in [0.1, 0.15) is 5.82 Å². The molecular formula is C18H16BrFN2O2. The van der Waals surface area contributed by atoms with E-state index < -0.39 is 5.92 Å². The van der Waals surface area contributed by atoms with Crippen molar-refractivity contribution in [1.82, 2.24) is 5.32 Å². The van der Waals surface area contributed by atoms with Gasteiger partial charge in [0, 0.05) is 29.5 Å². The number of halogens is 2. The predicted octanol–water partition coefficient (Wildman–Crippen LogP) is 3.26. The lowest BCUT2D eigenvalue weighted by atomic mass is 10.1. The Balaban J connectivity index is 1.64. The van der Waals surface area contributed by atoms with E-state index in [0.29, 0.717) is 12.1 Å². The first-order valence-corrected chi connectivity index (χ1v) is 8.41. The van der Waals surface area contributed by atoms with Crippen molar-refractivity contribution in [1.29, 1.82) is 0 Å². The molecule has 1 aliphatic heterocycles. The van der Waals surface area contributed by atoms with Gasteiger partial charge < -0.3 is 10.2 Å². The summed E-state index contributed by atoms with van der Waals surface area (Å²) in [6, 6.07) is 13.7. The second-order valence-electron chi connectivity index (χ2n) is 5.67. The molecule has 3 rings (SSSR count). The van der Waals surface area contributed by atoms with Crippen molar-refractivity contribution < 1.29 is 14.0 Å². The molecular weight excluding hydrogens is 375 g/mol. The standard InChI is InChI=1S/C18H16BrFN2O2/c19-14-6-2-4-8-16(14)22-11-13(9-17(22)23)18(24)21-10-12-5-1-3-7-15(12)20/h1-8,13H,9-11H2,(H,21,24)/t13-/m0/s1. The highest BCUT2D eigenvalue weighted by atomic mass is 79.9. The molecule has 0 aliphatic carbocycles. The normalized spacial score (nSPS) is 17.2. The Morgan fingerprint density at radius 3 is 2.67 bits per heavy atom. The van der Waals surface area contributed by atoms with Crippen LogP contribution >= 0.6 is 15.9 Å². The summed E-state index contributed by atoms with van der Waals surface area (Å²) in [5.41, 5.74) is 1.18. The predicted molar refractivity (Wildman–Crippen MR) is 92.8 cm³/mol. The first kappa shape index (κ1) is 16.6. The lowest BCUT2D eigenvalue weighted by molar-refractivity contribution is -0.126. The van der Waals surface area contributed by atoms with Crippen LogP contribution in [0.1, 0.15) is 12.0 Å². The molecule has 1 heterocycles. The smallest absolute Gasteiger partial charge is 0.227 e. The molecule has 1 saturated heterocycles. The number of hydrogen-bond acceptors (Lipinski definition) is 2. The van der Waals surface area contributed by atoms with Crippen LogP contribution in [0.4, 0.5) is 10.1 Å². The van der Waals surface area contributed by atoms with Gasteiger partial charge in [-0.25, -0.2) is 4.39 Å². The molecule has 1 N–H and O–H groups in total. The third kappa shape index (κ3) is 3.48. The Labute approximate surface area is 147 Å². The van der Waals surface area contributed by atoms with E-state index in [1.807, 2.05) is 24.3 Å². The molecule has 2 aromatic carbocycles. The molecule has 0 radical (unpaired) electrons. The van der Waals surface area contributed by atoms with E-state index in [0.717, 1.165) is 10.2 Å². The second-order valence-corrected chi connectivity index (χ2v) is 6.52. The lowest BCUT2D eigenvalue weighted by Crippen LogP contribution is -2.32. The monoisotopic (exact) mass is 390 g/mol. The summed E-state index contributed by atoms with van der Waals surface area (Å²) >= 11 is 3.42. The van der Waals surface area contributed by atoms with E-state index in [1.165, 1.54) is 6.07 Å². The van der Waals surface area contributed by atoms with Gasteiger partial charge in [0.15, 0.2) is 0 Å². The fraction of sp³-hybridized carbons (Fsp3) is 0.222. The van der Waals surface area contributed by atoms with Crippen LogP contribution in [0.2, 0.25) is 0 Å². The number of carbonyl (C=O) groups is 2. The zero-order valence-electron chi connectivity index (χ0n) is 12.8. The molecule has 0 saturated carbocycles. The van der Waals surface area contributed by atoms with Crippen LogP contribution in [0.3, 0.4) is 0 Å². The Morgan fingerprint density at radius 2 is 1.92 bits per heavy atom. The maximum atomic E-state index is 13.6. The molecule has 0 unspecified atom stereocenters. The molecule has 0 aromatic heterocycles. The van der Waals surface area contributed by atoms with Gasteiger partial charge >= 0.3 is 0 Å². The number of carbonyl (C=O) groups excluding carboxylic acids is 2. The molecule has 6 heteroatoms. The molecule has 24 heavy (non-hydrogen) atoms. The van der Waals surface area contributed by atoms with Gasteiger partial charge in [0.2, 0.25) is 11.8 Å². The summed E-state index contributed by atoms with van der Waals surface area (Å²) in [6.07, 6.45) is 0.157. The van der Waals surface area contributed by atoms with Crippen molar-refractivity contribution in [2.24, 2.45) is 5.92 Å². The van der Waals surface area contributed by atoms with Crippen molar-refractivity contribution in [3.63, 3.8) is 0 Å². The Hall–Kier alpha value is -2.21. The third-order valence-corrected chi connectivity index (χ3v) is 4.72. The average molecular weight is 391 g/mol. The summed E-state index contributed by atoms with van der Waals surface area (Å²) in [7, 11) is 0. The molecule has 124 valence electrons. The minimum absolute atomic E-state index is 0.0899. The third-order valence-electron chi connectivity index (χ3n) is 4.05. The maximum absolute atomic E-state index is 13.6. The molecule has 1 atom stereocenters. The summed E-state index contributed by atoms with van der Waals surface area (Å²) < 4.78 is 14.4. The van der Waals surface area contributed by atoms with Gasteiger partial charge in [-0.2, -0.15) is 0 Å². The van der Waals surface area contributed by atoms with E-state index in [2.05, 4.69) is 21.2 Å². The summed E-state index contributed by atoms with van der Waals surface area (Å²) in [5, 5.41) is 2.72. The molecule has 1 aliphatic rings. The van der Waals surface area contributed by atoms with Crippen LogP contribution in [0, 0.1) is 11.7 Å². The van der Waals surface area contributed by atoms with Gasteiger partial charge in [-0.05, 0) is 34.1 Å². The zero-order valence-corrected chi connectivity index (χ0v) is 14.4. The van der Waals surface area contributed by atoms with Crippen LogP contribution in [-0.2, 0) is 16.1 Å². The number of nitrogens with one attached hydrogen (secondary N) is 1. The van der Waals surface area contributed by atoms with Crippen molar-refractivity contribution in [2.75, 3.05) is 11.4 Å². The first-order chi connectivity index (χ1) is 11.6. The summed E-state index contributed by atoms with van der Waals surface area (Å²) in [6.45, 7) is 0.440. The van der Waals surface area contributed by atoms with Gasteiger partial charge in [-0.15, -0.1) is 0 Å². The van der Waals surface area contributed by atoms with Crippen molar-refractivity contribution in [3.05, 3.63) is 64.4 Å².